The van der Waals surface area contributed by atoms with E-state index in [1.54, 1.807) is 7.11 Å². The quantitative estimate of drug-likeness (QED) is 0.135. The topological polar surface area (TPSA) is 124 Å². The summed E-state index contributed by atoms with van der Waals surface area (Å²) in [7, 11) is 1.68. The molecule has 2 aliphatic rings. The Labute approximate surface area is 229 Å². The van der Waals surface area contributed by atoms with E-state index < -0.39 is 5.60 Å². The number of alkyl carbamates (subject to hydrolysis) is 1. The van der Waals surface area contributed by atoms with Gasteiger partial charge in [0.1, 0.15) is 12.2 Å². The second-order valence-electron chi connectivity index (χ2n) is 11.5. The molecule has 220 valence electrons. The smallest absolute Gasteiger partial charge is 0.407 e. The zero-order valence-electron chi connectivity index (χ0n) is 24.4. The van der Waals surface area contributed by atoms with Gasteiger partial charge in [0.15, 0.2) is 0 Å². The Bertz CT molecular complexity index is 749. The van der Waals surface area contributed by atoms with Gasteiger partial charge in [-0.2, -0.15) is 0 Å². The summed E-state index contributed by atoms with van der Waals surface area (Å²) in [6, 6.07) is 0. The third-order valence-electron chi connectivity index (χ3n) is 7.74. The fourth-order valence-corrected chi connectivity index (χ4v) is 5.57. The normalized spacial score (nSPS) is 24.6. The van der Waals surface area contributed by atoms with Crippen molar-refractivity contribution in [1.82, 2.24) is 10.6 Å². The minimum Gasteiger partial charge on any atom is -0.443 e. The highest BCUT2D eigenvalue weighted by Crippen LogP contribution is 2.52. The number of hydrogen-bond donors (Lipinski definition) is 3. The van der Waals surface area contributed by atoms with Crippen molar-refractivity contribution >= 4 is 12.0 Å². The number of methoxy groups -OCH3 is 1. The molecule has 9 heteroatoms. The molecule has 0 radical (unpaired) electrons. The van der Waals surface area contributed by atoms with Crippen LogP contribution in [0.3, 0.4) is 0 Å². The molecule has 1 aliphatic heterocycles. The van der Waals surface area contributed by atoms with Gasteiger partial charge in [0.2, 0.25) is 5.91 Å². The average Bonchev–Trinajstić information content (AvgIpc) is 3.64. The Morgan fingerprint density at radius 3 is 2.13 bits per heavy atom. The van der Waals surface area contributed by atoms with Crippen molar-refractivity contribution in [1.29, 1.82) is 0 Å². The molecule has 0 bridgehead atoms. The maximum atomic E-state index is 12.6. The Kier molecular flexibility index (Phi) is 14.1. The molecule has 4 N–H and O–H groups in total. The zero-order valence-corrected chi connectivity index (χ0v) is 24.4. The van der Waals surface area contributed by atoms with E-state index in [1.165, 1.54) is 24.8 Å². The van der Waals surface area contributed by atoms with Gasteiger partial charge in [-0.3, -0.25) is 4.79 Å². The predicted octanol–water partition coefficient (Wildman–Crippen LogP) is 4.23. The number of epoxide rings is 1. The molecule has 1 heterocycles. The summed E-state index contributed by atoms with van der Waals surface area (Å²) in [6.07, 6.45) is 11.4. The van der Waals surface area contributed by atoms with Crippen LogP contribution in [0.2, 0.25) is 0 Å². The standard InChI is InChI=1S/C29H53N3O6/c1-22(2)15-19-36-28(3,4)26-25(35-5)23(14-16-29(26)21-37-29)38-27(34)32-18-13-11-9-7-6-8-10-12-17-31-24(33)20-30/h15,23,25-26H,6-14,16-21,30H2,1-5H3,(H,31,33)(H,32,34)/t23?,25?,26?,29-/m0/s1. The number of allylic oxidation sites excluding steroid dienone is 1. The number of hydrogen-bond acceptors (Lipinski definition) is 7. The van der Waals surface area contributed by atoms with Gasteiger partial charge in [0, 0.05) is 26.1 Å². The number of carbonyl (C=O) groups is 2. The Balaban J connectivity index is 1.65. The highest BCUT2D eigenvalue weighted by Gasteiger charge is 2.64. The fourth-order valence-electron chi connectivity index (χ4n) is 5.57. The van der Waals surface area contributed by atoms with Crippen LogP contribution >= 0.6 is 0 Å². The summed E-state index contributed by atoms with van der Waals surface area (Å²) in [5, 5.41) is 5.71. The van der Waals surface area contributed by atoms with Crippen molar-refractivity contribution in [3.63, 3.8) is 0 Å². The summed E-state index contributed by atoms with van der Waals surface area (Å²) in [5.74, 6) is -0.128. The van der Waals surface area contributed by atoms with Crippen LogP contribution in [0.15, 0.2) is 11.6 Å². The maximum Gasteiger partial charge on any atom is 0.407 e. The van der Waals surface area contributed by atoms with Crippen molar-refractivity contribution in [3.8, 4) is 0 Å². The molecule has 4 atom stereocenters. The van der Waals surface area contributed by atoms with Gasteiger partial charge in [-0.05, 0) is 53.4 Å². The third-order valence-corrected chi connectivity index (χ3v) is 7.74. The van der Waals surface area contributed by atoms with Crippen LogP contribution in [-0.4, -0.2) is 75.4 Å². The first-order valence-corrected chi connectivity index (χ1v) is 14.5. The number of carbonyl (C=O) groups excluding carboxylic acids is 2. The fraction of sp³-hybridized carbons (Fsp3) is 0.862. The molecule has 1 saturated heterocycles. The van der Waals surface area contributed by atoms with Crippen LogP contribution in [0.1, 0.15) is 91.9 Å². The van der Waals surface area contributed by atoms with Gasteiger partial charge in [-0.1, -0.05) is 50.2 Å². The first kappa shape index (κ1) is 32.5. The second kappa shape index (κ2) is 16.4. The molecule has 3 unspecified atom stereocenters. The van der Waals surface area contributed by atoms with Crippen LogP contribution in [0.5, 0.6) is 0 Å². The molecule has 0 aromatic rings. The molecule has 38 heavy (non-hydrogen) atoms. The molecule has 2 fully saturated rings. The van der Waals surface area contributed by atoms with E-state index in [1.807, 2.05) is 0 Å². The van der Waals surface area contributed by atoms with E-state index in [0.29, 0.717) is 32.7 Å². The Hall–Kier alpha value is -1.68. The lowest BCUT2D eigenvalue weighted by atomic mass is 9.68. The van der Waals surface area contributed by atoms with Crippen molar-refractivity contribution in [2.75, 3.05) is 40.0 Å². The second-order valence-corrected chi connectivity index (χ2v) is 11.5. The molecule has 1 spiro atoms. The maximum absolute atomic E-state index is 12.6. The van der Waals surface area contributed by atoms with E-state index in [-0.39, 0.29) is 42.3 Å². The summed E-state index contributed by atoms with van der Waals surface area (Å²) < 4.78 is 24.0. The lowest BCUT2D eigenvalue weighted by molar-refractivity contribution is -0.172. The zero-order chi connectivity index (χ0) is 28.0. The highest BCUT2D eigenvalue weighted by atomic mass is 16.6. The molecule has 0 aromatic heterocycles. The predicted molar refractivity (Wildman–Crippen MR) is 149 cm³/mol. The first-order chi connectivity index (χ1) is 18.1. The van der Waals surface area contributed by atoms with Gasteiger partial charge in [0.25, 0.3) is 0 Å². The average molecular weight is 540 g/mol. The van der Waals surface area contributed by atoms with Gasteiger partial charge in [-0.15, -0.1) is 0 Å². The summed E-state index contributed by atoms with van der Waals surface area (Å²) in [4.78, 5) is 23.7. The molecule has 9 nitrogen and oxygen atoms in total. The van der Waals surface area contributed by atoms with Crippen LogP contribution in [0, 0.1) is 5.92 Å². The lowest BCUT2D eigenvalue weighted by Crippen LogP contribution is -2.59. The summed E-state index contributed by atoms with van der Waals surface area (Å²) in [6.45, 7) is 10.9. The van der Waals surface area contributed by atoms with Crippen molar-refractivity contribution in [2.24, 2.45) is 11.7 Å². The SMILES string of the molecule is COC1C(OC(=O)NCCCCCCCCCCNC(=O)CN)CC[C@]2(CO2)C1C(C)(C)OCC=C(C)C. The van der Waals surface area contributed by atoms with Crippen molar-refractivity contribution in [2.45, 2.75) is 115 Å². The molecule has 2 rings (SSSR count). The molecule has 0 aromatic carbocycles. The lowest BCUT2D eigenvalue weighted by Gasteiger charge is -2.47. The van der Waals surface area contributed by atoms with E-state index >= 15 is 0 Å². The van der Waals surface area contributed by atoms with Crippen LogP contribution in [0.25, 0.3) is 0 Å². The molecule has 2 amide bonds. The Morgan fingerprint density at radius 2 is 1.61 bits per heavy atom. The van der Waals surface area contributed by atoms with E-state index in [0.717, 1.165) is 38.5 Å². The number of unbranched alkanes of at least 4 members (excludes halogenated alkanes) is 7. The minimum absolute atomic E-state index is 0.0400. The van der Waals surface area contributed by atoms with E-state index in [4.69, 9.17) is 24.7 Å². The van der Waals surface area contributed by atoms with Crippen molar-refractivity contribution in [3.05, 3.63) is 11.6 Å². The van der Waals surface area contributed by atoms with E-state index in [2.05, 4.69) is 44.4 Å². The number of ether oxygens (including phenoxy) is 4. The minimum atomic E-state index is -0.498. The number of rotatable bonds is 18. The Morgan fingerprint density at radius 1 is 1.03 bits per heavy atom. The monoisotopic (exact) mass is 539 g/mol. The largest absolute Gasteiger partial charge is 0.443 e. The van der Waals surface area contributed by atoms with Crippen LogP contribution in [-0.2, 0) is 23.7 Å². The van der Waals surface area contributed by atoms with Gasteiger partial charge >= 0.3 is 6.09 Å². The van der Waals surface area contributed by atoms with Gasteiger partial charge < -0.3 is 35.3 Å². The van der Waals surface area contributed by atoms with Gasteiger partial charge in [0.05, 0.1) is 31.0 Å². The van der Waals surface area contributed by atoms with Gasteiger partial charge in [-0.25, -0.2) is 4.79 Å². The summed E-state index contributed by atoms with van der Waals surface area (Å²) in [5.41, 5.74) is 5.72. The van der Waals surface area contributed by atoms with E-state index in [9.17, 15) is 9.59 Å². The van der Waals surface area contributed by atoms with Crippen LogP contribution < -0.4 is 16.4 Å². The molecule has 1 aliphatic carbocycles. The van der Waals surface area contributed by atoms with Crippen LogP contribution in [0.4, 0.5) is 4.79 Å². The first-order valence-electron chi connectivity index (χ1n) is 14.5. The summed E-state index contributed by atoms with van der Waals surface area (Å²) >= 11 is 0. The third kappa shape index (κ3) is 10.8. The highest BCUT2D eigenvalue weighted by molar-refractivity contribution is 5.77. The molecular formula is C29H53N3O6. The molecular weight excluding hydrogens is 486 g/mol. The molecule has 1 saturated carbocycles. The number of nitrogens with two attached hydrogens (primary N) is 1. The number of amides is 2. The number of nitrogens with one attached hydrogen (secondary N) is 2. The van der Waals surface area contributed by atoms with Crippen molar-refractivity contribution < 1.29 is 28.5 Å².